The van der Waals surface area contributed by atoms with E-state index in [4.69, 9.17) is 14.2 Å². The Bertz CT molecular complexity index is 935. The Kier molecular flexibility index (Phi) is 6.64. The van der Waals surface area contributed by atoms with Crippen LogP contribution < -0.4 is 5.32 Å². The Balaban J connectivity index is 2.23. The number of carbonyl (C=O) groups is 3. The number of benzene rings is 1. The second-order valence-corrected chi connectivity index (χ2v) is 8.83. The van der Waals surface area contributed by atoms with Crippen LogP contribution in [0.2, 0.25) is 0 Å². The minimum Gasteiger partial charge on any atom is -0.508 e. The lowest BCUT2D eigenvalue weighted by molar-refractivity contribution is -0.143. The number of hydrogen-bond donors (Lipinski definition) is 3. The molecule has 9 heteroatoms. The molecule has 1 amide bonds. The number of H-pyrrole nitrogens is 1. The Labute approximate surface area is 174 Å². The van der Waals surface area contributed by atoms with Gasteiger partial charge in [0.05, 0.1) is 0 Å². The molecular formula is C21H28N2O7. The maximum absolute atomic E-state index is 12.6. The molecule has 0 aliphatic heterocycles. The molecule has 0 bridgehead atoms. The number of hydrogen-bond acceptors (Lipinski definition) is 7. The number of fused-ring (bicyclic) bond motifs is 1. The fourth-order valence-electron chi connectivity index (χ4n) is 2.62. The summed E-state index contributed by atoms with van der Waals surface area (Å²) in [6.07, 6.45) is -0.365. The highest BCUT2D eigenvalue weighted by Crippen LogP contribution is 2.24. The van der Waals surface area contributed by atoms with Crippen molar-refractivity contribution in [2.75, 3.05) is 0 Å². The van der Waals surface area contributed by atoms with Crippen LogP contribution in [0.1, 0.15) is 47.1 Å². The molecule has 30 heavy (non-hydrogen) atoms. The zero-order chi connectivity index (χ0) is 22.7. The van der Waals surface area contributed by atoms with Gasteiger partial charge in [-0.1, -0.05) is 0 Å². The number of carbonyl (C=O) groups excluding carboxylic acids is 3. The molecule has 0 aliphatic rings. The largest absolute Gasteiger partial charge is 0.516 e. The van der Waals surface area contributed by atoms with E-state index in [0.717, 1.165) is 5.52 Å². The Morgan fingerprint density at radius 1 is 1.07 bits per heavy atom. The first-order valence-corrected chi connectivity index (χ1v) is 9.47. The Hall–Kier alpha value is -3.23. The van der Waals surface area contributed by atoms with Crippen molar-refractivity contribution in [1.29, 1.82) is 0 Å². The number of rotatable bonds is 4. The number of phenols is 1. The predicted molar refractivity (Wildman–Crippen MR) is 109 cm³/mol. The van der Waals surface area contributed by atoms with Crippen molar-refractivity contribution < 1.29 is 33.7 Å². The molecule has 2 aromatic rings. The van der Waals surface area contributed by atoms with Gasteiger partial charge in [0, 0.05) is 23.5 Å². The molecule has 0 fully saturated rings. The number of esters is 1. The number of aromatic nitrogens is 1. The van der Waals surface area contributed by atoms with Crippen molar-refractivity contribution in [1.82, 2.24) is 10.3 Å². The summed E-state index contributed by atoms with van der Waals surface area (Å²) in [5, 5.41) is 12.9. The lowest BCUT2D eigenvalue weighted by Gasteiger charge is -2.23. The molecular weight excluding hydrogens is 392 g/mol. The third kappa shape index (κ3) is 6.98. The van der Waals surface area contributed by atoms with E-state index in [2.05, 4.69) is 10.3 Å². The highest BCUT2D eigenvalue weighted by molar-refractivity contribution is 5.90. The number of ether oxygens (including phenoxy) is 3. The van der Waals surface area contributed by atoms with Crippen molar-refractivity contribution in [2.24, 2.45) is 0 Å². The van der Waals surface area contributed by atoms with E-state index in [1.54, 1.807) is 53.8 Å². The average molecular weight is 420 g/mol. The van der Waals surface area contributed by atoms with E-state index >= 15 is 0 Å². The molecule has 0 saturated carbocycles. The van der Waals surface area contributed by atoms with E-state index in [-0.39, 0.29) is 12.2 Å². The lowest BCUT2D eigenvalue weighted by Crippen LogP contribution is -2.46. The van der Waals surface area contributed by atoms with Crippen molar-refractivity contribution in [3.8, 4) is 5.75 Å². The van der Waals surface area contributed by atoms with Crippen LogP contribution >= 0.6 is 0 Å². The number of alkyl carbamates (subject to hydrolysis) is 1. The van der Waals surface area contributed by atoms with Gasteiger partial charge in [-0.25, -0.2) is 14.4 Å². The number of amides is 1. The summed E-state index contributed by atoms with van der Waals surface area (Å²) in [6.45, 7) is 9.95. The second-order valence-electron chi connectivity index (χ2n) is 8.83. The summed E-state index contributed by atoms with van der Waals surface area (Å²) in [6, 6.07) is 3.51. The van der Waals surface area contributed by atoms with Crippen LogP contribution in [0.15, 0.2) is 24.4 Å². The molecule has 1 atom stereocenters. The van der Waals surface area contributed by atoms with Crippen LogP contribution in [0.5, 0.6) is 5.75 Å². The molecule has 9 nitrogen and oxygen atoms in total. The van der Waals surface area contributed by atoms with Gasteiger partial charge < -0.3 is 29.6 Å². The van der Waals surface area contributed by atoms with Crippen molar-refractivity contribution in [3.63, 3.8) is 0 Å². The van der Waals surface area contributed by atoms with Crippen LogP contribution in [0, 0.1) is 0 Å². The smallest absolute Gasteiger partial charge is 0.508 e. The fraction of sp³-hybridized carbons (Fsp3) is 0.476. The molecule has 0 saturated heterocycles. The highest BCUT2D eigenvalue weighted by atomic mass is 16.7. The van der Waals surface area contributed by atoms with Gasteiger partial charge >= 0.3 is 18.2 Å². The maximum atomic E-state index is 12.6. The van der Waals surface area contributed by atoms with E-state index in [0.29, 0.717) is 10.9 Å². The third-order valence-corrected chi connectivity index (χ3v) is 3.72. The number of aromatic amines is 1. The quantitative estimate of drug-likeness (QED) is 0.507. The van der Waals surface area contributed by atoms with Crippen molar-refractivity contribution in [2.45, 2.75) is 65.2 Å². The SMILES string of the molecule is CC(C)(C)OC(=O)NC(Cc1c[nH]c2ccc(O)cc12)C(=O)OC(=O)OC(C)(C)C. The van der Waals surface area contributed by atoms with Crippen LogP contribution in [-0.4, -0.2) is 45.6 Å². The molecule has 1 aromatic carbocycles. The minimum atomic E-state index is -1.23. The van der Waals surface area contributed by atoms with Crippen LogP contribution in [0.4, 0.5) is 9.59 Å². The summed E-state index contributed by atoms with van der Waals surface area (Å²) < 4.78 is 15.0. The first-order valence-electron chi connectivity index (χ1n) is 9.47. The van der Waals surface area contributed by atoms with Gasteiger partial charge in [0.15, 0.2) is 0 Å². The molecule has 2 rings (SSSR count). The average Bonchev–Trinajstić information content (AvgIpc) is 2.92. The zero-order valence-corrected chi connectivity index (χ0v) is 18.0. The van der Waals surface area contributed by atoms with Crippen LogP contribution in [0.3, 0.4) is 0 Å². The van der Waals surface area contributed by atoms with E-state index in [1.807, 2.05) is 0 Å². The van der Waals surface area contributed by atoms with Crippen molar-refractivity contribution >= 4 is 29.1 Å². The Morgan fingerprint density at radius 3 is 2.30 bits per heavy atom. The first-order chi connectivity index (χ1) is 13.7. The predicted octanol–water partition coefficient (Wildman–Crippen LogP) is 3.79. The standard InChI is InChI=1S/C21H28N2O7/c1-20(2,3)29-18(26)23-16(17(25)28-19(27)30-21(4,5)6)9-12-11-22-15-8-7-13(24)10-14(12)15/h7-8,10-11,16,22,24H,9H2,1-6H3,(H,23,26). The van der Waals surface area contributed by atoms with Gasteiger partial charge in [-0.05, 0) is 65.3 Å². The van der Waals surface area contributed by atoms with Gasteiger partial charge in [-0.2, -0.15) is 0 Å². The summed E-state index contributed by atoms with van der Waals surface area (Å²) in [5.74, 6) is -0.944. The first kappa shape index (κ1) is 23.1. The minimum absolute atomic E-state index is 0.00960. The second kappa shape index (κ2) is 8.64. The monoisotopic (exact) mass is 420 g/mol. The molecule has 1 heterocycles. The number of nitrogens with one attached hydrogen (secondary N) is 2. The molecule has 1 unspecified atom stereocenters. The molecule has 0 aliphatic carbocycles. The molecule has 1 aromatic heterocycles. The normalized spacial score (nSPS) is 12.9. The molecule has 164 valence electrons. The number of aromatic hydroxyl groups is 1. The van der Waals surface area contributed by atoms with Gasteiger partial charge in [0.1, 0.15) is 23.0 Å². The molecule has 0 radical (unpaired) electrons. The zero-order valence-electron chi connectivity index (χ0n) is 18.0. The van der Waals surface area contributed by atoms with Crippen LogP contribution in [0.25, 0.3) is 10.9 Å². The topological polar surface area (TPSA) is 127 Å². The summed E-state index contributed by atoms with van der Waals surface area (Å²) in [4.78, 5) is 39.8. The third-order valence-electron chi connectivity index (χ3n) is 3.72. The van der Waals surface area contributed by atoms with Gasteiger partial charge in [0.25, 0.3) is 0 Å². The lowest BCUT2D eigenvalue weighted by atomic mass is 10.0. The van der Waals surface area contributed by atoms with Gasteiger partial charge in [-0.15, -0.1) is 0 Å². The van der Waals surface area contributed by atoms with E-state index < -0.39 is 35.5 Å². The van der Waals surface area contributed by atoms with E-state index in [1.165, 1.54) is 12.1 Å². The van der Waals surface area contributed by atoms with Gasteiger partial charge in [-0.3, -0.25) is 0 Å². The van der Waals surface area contributed by atoms with Crippen molar-refractivity contribution in [3.05, 3.63) is 30.0 Å². The van der Waals surface area contributed by atoms with Crippen LogP contribution in [-0.2, 0) is 25.4 Å². The van der Waals surface area contributed by atoms with E-state index in [9.17, 15) is 19.5 Å². The molecule has 0 spiro atoms. The summed E-state index contributed by atoms with van der Waals surface area (Å²) in [7, 11) is 0. The molecule has 3 N–H and O–H groups in total. The summed E-state index contributed by atoms with van der Waals surface area (Å²) in [5.41, 5.74) is -0.266. The highest BCUT2D eigenvalue weighted by Gasteiger charge is 2.30. The fourth-order valence-corrected chi connectivity index (χ4v) is 2.62. The Morgan fingerprint density at radius 2 is 1.70 bits per heavy atom. The number of phenolic OH excluding ortho intramolecular Hbond substituents is 1. The summed E-state index contributed by atoms with van der Waals surface area (Å²) >= 11 is 0. The maximum Gasteiger partial charge on any atom is 0.516 e. The van der Waals surface area contributed by atoms with Gasteiger partial charge in [0.2, 0.25) is 0 Å².